The zero-order valence-corrected chi connectivity index (χ0v) is 18.2. The lowest BCUT2D eigenvalue weighted by atomic mass is 9.98. The van der Waals surface area contributed by atoms with Gasteiger partial charge in [0.25, 0.3) is 10.0 Å². The number of benzene rings is 1. The summed E-state index contributed by atoms with van der Waals surface area (Å²) in [6.45, 7) is 18.9. The Morgan fingerprint density at radius 1 is 1.03 bits per heavy atom. The van der Waals surface area contributed by atoms with Crippen LogP contribution >= 0.6 is 0 Å². The van der Waals surface area contributed by atoms with Crippen molar-refractivity contribution in [3.8, 4) is 11.1 Å². The van der Waals surface area contributed by atoms with Gasteiger partial charge in [-0.25, -0.2) is 8.42 Å². The van der Waals surface area contributed by atoms with E-state index in [4.69, 9.17) is 0 Å². The number of hydrogen-bond acceptors (Lipinski definition) is 3. The molecule has 154 valence electrons. The van der Waals surface area contributed by atoms with E-state index in [0.29, 0.717) is 11.3 Å². The van der Waals surface area contributed by atoms with Crippen molar-refractivity contribution in [2.24, 2.45) is 0 Å². The third-order valence-electron chi connectivity index (χ3n) is 4.49. The van der Waals surface area contributed by atoms with Gasteiger partial charge in [-0.3, -0.25) is 9.71 Å². The molecule has 0 bridgehead atoms. The average Bonchev–Trinajstić information content (AvgIpc) is 2.70. The van der Waals surface area contributed by atoms with E-state index < -0.39 is 10.0 Å². The van der Waals surface area contributed by atoms with Crippen molar-refractivity contribution in [2.45, 2.75) is 13.8 Å². The predicted octanol–water partition coefficient (Wildman–Crippen LogP) is 6.03. The molecule has 0 fully saturated rings. The number of rotatable bonds is 9. The first-order valence-electron chi connectivity index (χ1n) is 9.26. The number of sulfonamides is 1. The molecule has 1 heterocycles. The van der Waals surface area contributed by atoms with Crippen LogP contribution < -0.4 is 4.72 Å². The van der Waals surface area contributed by atoms with Crippen LogP contribution in [0, 0.1) is 13.8 Å². The summed E-state index contributed by atoms with van der Waals surface area (Å²) in [4.78, 5) is 4.19. The van der Waals surface area contributed by atoms with Crippen LogP contribution in [0.25, 0.3) is 11.1 Å². The molecule has 0 atom stereocenters. The minimum Gasteiger partial charge on any atom is -0.280 e. The highest BCUT2D eigenvalue weighted by Gasteiger charge is 2.21. The average molecular weight is 419 g/mol. The first-order valence-corrected chi connectivity index (χ1v) is 10.7. The molecule has 0 spiro atoms. The van der Waals surface area contributed by atoms with E-state index in [0.717, 1.165) is 22.3 Å². The van der Waals surface area contributed by atoms with Crippen molar-refractivity contribution >= 4 is 15.7 Å². The lowest BCUT2D eigenvalue weighted by Crippen LogP contribution is -2.16. The fourth-order valence-corrected chi connectivity index (χ4v) is 4.17. The van der Waals surface area contributed by atoms with Gasteiger partial charge in [0, 0.05) is 23.6 Å². The van der Waals surface area contributed by atoms with Gasteiger partial charge in [0.1, 0.15) is 0 Å². The van der Waals surface area contributed by atoms with Crippen LogP contribution in [0.15, 0.2) is 109 Å². The highest BCUT2D eigenvalue weighted by Crippen LogP contribution is 2.30. The molecule has 2 aromatic rings. The number of anilines is 1. The third kappa shape index (κ3) is 5.33. The Morgan fingerprint density at radius 2 is 1.77 bits per heavy atom. The fourth-order valence-electron chi connectivity index (χ4n) is 2.89. The molecule has 0 amide bonds. The van der Waals surface area contributed by atoms with Gasteiger partial charge in [-0.05, 0) is 66.0 Å². The molecular formula is C25H26N2O2S. The monoisotopic (exact) mass is 418 g/mol. The zero-order chi connectivity index (χ0) is 22.3. The molecule has 0 unspecified atom stereocenters. The van der Waals surface area contributed by atoms with E-state index in [9.17, 15) is 8.42 Å². The second kappa shape index (κ2) is 9.85. The minimum atomic E-state index is -3.90. The molecule has 1 N–H and O–H groups in total. The van der Waals surface area contributed by atoms with E-state index in [1.54, 1.807) is 42.8 Å². The van der Waals surface area contributed by atoms with Crippen molar-refractivity contribution < 1.29 is 8.42 Å². The lowest BCUT2D eigenvalue weighted by Gasteiger charge is -2.15. The van der Waals surface area contributed by atoms with Gasteiger partial charge in [0.15, 0.2) is 0 Å². The van der Waals surface area contributed by atoms with E-state index in [1.165, 1.54) is 12.2 Å². The maximum absolute atomic E-state index is 13.0. The van der Waals surface area contributed by atoms with Crippen LogP contribution in [0.4, 0.5) is 5.69 Å². The summed E-state index contributed by atoms with van der Waals surface area (Å²) in [7, 11) is -3.90. The van der Waals surface area contributed by atoms with Crippen LogP contribution in [-0.4, -0.2) is 13.4 Å². The smallest absolute Gasteiger partial charge is 0.262 e. The maximum Gasteiger partial charge on any atom is 0.262 e. The van der Waals surface area contributed by atoms with Crippen LogP contribution in [0.5, 0.6) is 0 Å². The Labute approximate surface area is 179 Å². The summed E-state index contributed by atoms with van der Waals surface area (Å²) in [5.41, 5.74) is 5.23. The molecule has 5 heteroatoms. The zero-order valence-electron chi connectivity index (χ0n) is 17.4. The van der Waals surface area contributed by atoms with E-state index >= 15 is 0 Å². The number of aryl methyl sites for hydroxylation is 2. The van der Waals surface area contributed by atoms with Crippen LogP contribution in [0.1, 0.15) is 11.1 Å². The van der Waals surface area contributed by atoms with Crippen molar-refractivity contribution in [1.82, 2.24) is 4.98 Å². The van der Waals surface area contributed by atoms with Crippen molar-refractivity contribution in [3.05, 3.63) is 121 Å². The second-order valence-corrected chi connectivity index (χ2v) is 8.34. The van der Waals surface area contributed by atoms with Gasteiger partial charge >= 0.3 is 0 Å². The van der Waals surface area contributed by atoms with Crippen LogP contribution in [0.2, 0.25) is 0 Å². The van der Waals surface area contributed by atoms with Crippen molar-refractivity contribution in [3.63, 3.8) is 0 Å². The third-order valence-corrected chi connectivity index (χ3v) is 5.95. The molecule has 0 saturated carbocycles. The summed E-state index contributed by atoms with van der Waals surface area (Å²) < 4.78 is 28.7. The van der Waals surface area contributed by atoms with Gasteiger partial charge in [-0.1, -0.05) is 56.7 Å². The molecule has 0 aliphatic carbocycles. The van der Waals surface area contributed by atoms with E-state index in [2.05, 4.69) is 36.0 Å². The molecule has 1 aromatic carbocycles. The largest absolute Gasteiger partial charge is 0.280 e. The Balaban J connectivity index is 2.37. The van der Waals surface area contributed by atoms with Crippen LogP contribution in [0.3, 0.4) is 0 Å². The highest BCUT2D eigenvalue weighted by molar-refractivity contribution is 7.96. The molecule has 0 radical (unpaired) electrons. The summed E-state index contributed by atoms with van der Waals surface area (Å²) in [5.74, 6) is 0. The Bertz CT molecular complexity index is 1170. The van der Waals surface area contributed by atoms with Crippen molar-refractivity contribution in [1.29, 1.82) is 0 Å². The number of allylic oxidation sites excluding steroid dienone is 7. The second-order valence-electron chi connectivity index (χ2n) is 6.69. The Kier molecular flexibility index (Phi) is 7.50. The number of aromatic nitrogens is 1. The van der Waals surface area contributed by atoms with Gasteiger partial charge in [0.2, 0.25) is 0 Å². The van der Waals surface area contributed by atoms with Gasteiger partial charge in [0.05, 0.1) is 4.91 Å². The van der Waals surface area contributed by atoms with Crippen LogP contribution in [-0.2, 0) is 10.0 Å². The van der Waals surface area contributed by atoms with E-state index in [1.807, 2.05) is 26.0 Å². The number of nitrogens with one attached hydrogen (secondary N) is 1. The highest BCUT2D eigenvalue weighted by atomic mass is 32.2. The molecule has 1 aromatic heterocycles. The quantitative estimate of drug-likeness (QED) is 0.506. The Morgan fingerprint density at radius 3 is 2.37 bits per heavy atom. The fraction of sp³-hybridized carbons (Fsp3) is 0.0800. The molecule has 2 rings (SSSR count). The van der Waals surface area contributed by atoms with Gasteiger partial charge < -0.3 is 0 Å². The van der Waals surface area contributed by atoms with Gasteiger partial charge in [-0.2, -0.15) is 0 Å². The molecular weight excluding hydrogens is 392 g/mol. The lowest BCUT2D eigenvalue weighted by molar-refractivity contribution is 0.607. The normalized spacial score (nSPS) is 11.9. The number of hydrogen-bond donors (Lipinski definition) is 1. The summed E-state index contributed by atoms with van der Waals surface area (Å²) >= 11 is 0. The van der Waals surface area contributed by atoms with Crippen molar-refractivity contribution in [2.75, 3.05) is 4.72 Å². The SMILES string of the molecule is C=C/C=C\C(=C)C(=C)/C(=C\C=C)S(=O)(=O)Nc1ccc(-c2cnccc2C)c(C)c1. The summed E-state index contributed by atoms with van der Waals surface area (Å²) in [6, 6.07) is 7.35. The first-order chi connectivity index (χ1) is 14.2. The molecule has 0 saturated heterocycles. The number of pyridine rings is 1. The molecule has 30 heavy (non-hydrogen) atoms. The summed E-state index contributed by atoms with van der Waals surface area (Å²) in [5, 5.41) is 0. The molecule has 0 aliphatic rings. The summed E-state index contributed by atoms with van der Waals surface area (Å²) in [6.07, 6.45) is 11.3. The topological polar surface area (TPSA) is 59.1 Å². The predicted molar refractivity (Wildman–Crippen MR) is 128 cm³/mol. The standard InChI is InChI=1S/C25H26N2O2S/c1-7-9-11-18(3)21(6)25(10-8-2)30(28,29)27-22-12-13-23(20(5)16-22)24-17-26-15-14-19(24)4/h7-17,27H,1-3,6H2,4-5H3/b11-9-,25-10+. The molecule has 4 nitrogen and oxygen atoms in total. The first kappa shape index (κ1) is 22.8. The molecule has 0 aliphatic heterocycles. The van der Waals surface area contributed by atoms with Gasteiger partial charge in [-0.15, -0.1) is 0 Å². The number of nitrogens with zero attached hydrogens (tertiary/aromatic N) is 1. The maximum atomic E-state index is 13.0. The Hall–Kier alpha value is -3.44. The minimum absolute atomic E-state index is 0.000968. The van der Waals surface area contributed by atoms with E-state index in [-0.39, 0.29) is 10.5 Å².